The number of carbonyl (C=O) groups excluding carboxylic acids is 3. The van der Waals surface area contributed by atoms with Gasteiger partial charge in [-0.3, -0.25) is 9.59 Å². The summed E-state index contributed by atoms with van der Waals surface area (Å²) in [5, 5.41) is 5.44. The van der Waals surface area contributed by atoms with Crippen LogP contribution in [0.1, 0.15) is 13.3 Å². The Labute approximate surface area is 153 Å². The second kappa shape index (κ2) is 8.60. The normalized spacial score (nSPS) is 20.2. The van der Waals surface area contributed by atoms with E-state index in [9.17, 15) is 14.4 Å². The first-order chi connectivity index (χ1) is 11.4. The molecule has 2 N–H and O–H groups in total. The predicted octanol–water partition coefficient (Wildman–Crippen LogP) is 2.49. The number of thioether (sulfide) groups is 1. The van der Waals surface area contributed by atoms with Crippen LogP contribution < -0.4 is 10.6 Å². The highest BCUT2D eigenvalue weighted by Crippen LogP contribution is 2.27. The summed E-state index contributed by atoms with van der Waals surface area (Å²) in [7, 11) is 0. The Morgan fingerprint density at radius 1 is 1.42 bits per heavy atom. The zero-order valence-corrected chi connectivity index (χ0v) is 15.1. The van der Waals surface area contributed by atoms with E-state index in [1.807, 2.05) is 0 Å². The number of benzene rings is 1. The molecule has 1 aromatic rings. The molecule has 0 saturated carbocycles. The van der Waals surface area contributed by atoms with Gasteiger partial charge in [0.2, 0.25) is 11.8 Å². The van der Waals surface area contributed by atoms with Gasteiger partial charge in [-0.05, 0) is 25.1 Å². The molecule has 0 spiro atoms. The maximum Gasteiger partial charge on any atom is 0.329 e. The maximum atomic E-state index is 12.1. The number of esters is 1. The molecule has 0 bridgehead atoms. The van der Waals surface area contributed by atoms with Crippen LogP contribution >= 0.6 is 35.0 Å². The molecule has 2 atom stereocenters. The number of rotatable bonds is 5. The molecule has 1 fully saturated rings. The van der Waals surface area contributed by atoms with Crippen LogP contribution in [-0.2, 0) is 19.1 Å². The highest BCUT2D eigenvalue weighted by atomic mass is 35.5. The van der Waals surface area contributed by atoms with Gasteiger partial charge in [0.15, 0.2) is 0 Å². The first kappa shape index (κ1) is 18.9. The van der Waals surface area contributed by atoms with E-state index in [2.05, 4.69) is 10.6 Å². The molecular weight excluding hydrogens is 375 g/mol. The van der Waals surface area contributed by atoms with Crippen LogP contribution in [0, 0.1) is 0 Å². The highest BCUT2D eigenvalue weighted by Gasteiger charge is 2.34. The third-order valence-corrected chi connectivity index (χ3v) is 5.09. The second-order valence-electron chi connectivity index (χ2n) is 5.01. The zero-order valence-electron chi connectivity index (χ0n) is 12.8. The lowest BCUT2D eigenvalue weighted by Crippen LogP contribution is -2.51. The van der Waals surface area contributed by atoms with E-state index in [-0.39, 0.29) is 24.8 Å². The zero-order chi connectivity index (χ0) is 17.7. The Bertz CT molecular complexity index is 656. The van der Waals surface area contributed by atoms with Crippen molar-refractivity contribution < 1.29 is 19.1 Å². The Hall–Kier alpha value is -1.44. The van der Waals surface area contributed by atoms with Crippen molar-refractivity contribution in [2.75, 3.05) is 17.7 Å². The average Bonchev–Trinajstić information content (AvgIpc) is 2.53. The van der Waals surface area contributed by atoms with Gasteiger partial charge < -0.3 is 15.4 Å². The summed E-state index contributed by atoms with van der Waals surface area (Å²) in [4.78, 5) is 35.8. The van der Waals surface area contributed by atoms with Crippen molar-refractivity contribution in [3.63, 3.8) is 0 Å². The van der Waals surface area contributed by atoms with E-state index in [0.29, 0.717) is 21.5 Å². The van der Waals surface area contributed by atoms with Crippen molar-refractivity contribution in [1.29, 1.82) is 0 Å². The number of halogens is 2. The van der Waals surface area contributed by atoms with Crippen LogP contribution in [0.2, 0.25) is 10.0 Å². The highest BCUT2D eigenvalue weighted by molar-refractivity contribution is 8.00. The second-order valence-corrected chi connectivity index (χ2v) is 7.09. The number of ether oxygens (including phenoxy) is 1. The molecule has 1 aromatic carbocycles. The maximum absolute atomic E-state index is 12.1. The molecule has 1 aliphatic rings. The minimum Gasteiger partial charge on any atom is -0.464 e. The predicted molar refractivity (Wildman–Crippen MR) is 94.5 cm³/mol. The molecule has 0 aromatic heterocycles. The Kier molecular flexibility index (Phi) is 6.77. The number of nitrogens with one attached hydrogen (secondary N) is 2. The number of carbonyl (C=O) groups is 3. The first-order valence-electron chi connectivity index (χ1n) is 7.24. The lowest BCUT2D eigenvalue weighted by atomic mass is 10.2. The molecule has 2 amide bonds. The fraction of sp³-hybridized carbons (Fsp3) is 0.400. The average molecular weight is 391 g/mol. The van der Waals surface area contributed by atoms with E-state index in [0.717, 1.165) is 0 Å². The summed E-state index contributed by atoms with van der Waals surface area (Å²) in [6.07, 6.45) is -0.0328. The van der Waals surface area contributed by atoms with Gasteiger partial charge in [0, 0.05) is 17.2 Å². The largest absolute Gasteiger partial charge is 0.464 e. The summed E-state index contributed by atoms with van der Waals surface area (Å²) in [5.74, 6) is -0.828. The number of hydrogen-bond acceptors (Lipinski definition) is 5. The molecule has 0 aliphatic carbocycles. The molecule has 1 heterocycles. The van der Waals surface area contributed by atoms with Crippen molar-refractivity contribution in [3.05, 3.63) is 28.2 Å². The van der Waals surface area contributed by atoms with Gasteiger partial charge in [-0.1, -0.05) is 23.2 Å². The topological polar surface area (TPSA) is 84.5 Å². The lowest BCUT2D eigenvalue weighted by Gasteiger charge is -2.27. The fourth-order valence-electron chi connectivity index (χ4n) is 2.08. The van der Waals surface area contributed by atoms with Gasteiger partial charge in [0.05, 0.1) is 22.6 Å². The van der Waals surface area contributed by atoms with Gasteiger partial charge in [0.25, 0.3) is 0 Å². The summed E-state index contributed by atoms with van der Waals surface area (Å²) in [6, 6.07) is 4.04. The molecule has 130 valence electrons. The van der Waals surface area contributed by atoms with E-state index in [4.69, 9.17) is 27.9 Å². The van der Waals surface area contributed by atoms with Gasteiger partial charge >= 0.3 is 5.97 Å². The molecule has 9 heteroatoms. The van der Waals surface area contributed by atoms with Crippen LogP contribution in [0.3, 0.4) is 0 Å². The number of hydrogen-bond donors (Lipinski definition) is 2. The smallest absolute Gasteiger partial charge is 0.329 e. The first-order valence-corrected chi connectivity index (χ1v) is 9.04. The van der Waals surface area contributed by atoms with Crippen LogP contribution in [0.5, 0.6) is 0 Å². The number of anilines is 1. The third-order valence-electron chi connectivity index (χ3n) is 3.22. The molecule has 0 unspecified atom stereocenters. The van der Waals surface area contributed by atoms with Crippen LogP contribution in [0.25, 0.3) is 0 Å². The van der Waals surface area contributed by atoms with Crippen molar-refractivity contribution in [2.45, 2.75) is 24.6 Å². The van der Waals surface area contributed by atoms with Crippen molar-refractivity contribution in [1.82, 2.24) is 5.32 Å². The van der Waals surface area contributed by atoms with Crippen LogP contribution in [-0.4, -0.2) is 41.4 Å². The van der Waals surface area contributed by atoms with E-state index in [1.165, 1.54) is 17.8 Å². The molecule has 1 saturated heterocycles. The quantitative estimate of drug-likeness (QED) is 0.754. The van der Waals surface area contributed by atoms with Gasteiger partial charge in [-0.25, -0.2) is 4.79 Å². The summed E-state index contributed by atoms with van der Waals surface area (Å²) in [5.41, 5.74) is 0.389. The monoisotopic (exact) mass is 390 g/mol. The fourth-order valence-corrected chi connectivity index (χ4v) is 3.55. The molecule has 6 nitrogen and oxygen atoms in total. The SMILES string of the molecule is CCOC(=O)[C@H]1CS[C@H](CC(=O)Nc2cc(Cl)ccc2Cl)C(=O)N1. The summed E-state index contributed by atoms with van der Waals surface area (Å²) >= 11 is 13.1. The lowest BCUT2D eigenvalue weighted by molar-refractivity contribution is -0.146. The molecule has 1 aliphatic heterocycles. The van der Waals surface area contributed by atoms with Gasteiger partial charge in [-0.2, -0.15) is 0 Å². The third kappa shape index (κ3) is 5.03. The van der Waals surface area contributed by atoms with Gasteiger partial charge in [-0.15, -0.1) is 11.8 Å². The minimum atomic E-state index is -0.677. The van der Waals surface area contributed by atoms with Crippen LogP contribution in [0.15, 0.2) is 18.2 Å². The minimum absolute atomic E-state index is 0.0328. The molecular formula is C15H16Cl2N2O4S. The van der Waals surface area contributed by atoms with Gasteiger partial charge in [0.1, 0.15) is 6.04 Å². The Morgan fingerprint density at radius 3 is 2.83 bits per heavy atom. The molecule has 24 heavy (non-hydrogen) atoms. The van der Waals surface area contributed by atoms with E-state index in [1.54, 1.807) is 19.1 Å². The van der Waals surface area contributed by atoms with Crippen molar-refractivity contribution in [3.8, 4) is 0 Å². The van der Waals surface area contributed by atoms with Crippen molar-refractivity contribution >= 4 is 58.4 Å². The summed E-state index contributed by atoms with van der Waals surface area (Å²) < 4.78 is 4.88. The van der Waals surface area contributed by atoms with E-state index < -0.39 is 17.3 Å². The molecule has 2 rings (SSSR count). The standard InChI is InChI=1S/C15H16Cl2N2O4S/c1-2-23-15(22)11-7-24-12(14(21)19-11)6-13(20)18-10-5-8(16)3-4-9(10)17/h3-5,11-12H,2,6-7H2,1H3,(H,18,20)(H,19,21)/t11-,12-/m1/s1. The summed E-state index contributed by atoms with van der Waals surface area (Å²) in [6.45, 7) is 1.95. The van der Waals surface area contributed by atoms with E-state index >= 15 is 0 Å². The molecule has 0 radical (unpaired) electrons. The Morgan fingerprint density at radius 2 is 2.17 bits per heavy atom. The van der Waals surface area contributed by atoms with Crippen molar-refractivity contribution in [2.24, 2.45) is 0 Å². The number of amides is 2. The Balaban J connectivity index is 1.90. The van der Waals surface area contributed by atoms with Crippen LogP contribution in [0.4, 0.5) is 5.69 Å².